The molecule has 7 heteroatoms. The van der Waals surface area contributed by atoms with Crippen LogP contribution in [0.15, 0.2) is 0 Å². The van der Waals surface area contributed by atoms with Crippen LogP contribution in [0.5, 0.6) is 0 Å². The first-order valence-corrected chi connectivity index (χ1v) is 6.45. The summed E-state index contributed by atoms with van der Waals surface area (Å²) in [4.78, 5) is 4.64. The summed E-state index contributed by atoms with van der Waals surface area (Å²) < 4.78 is 4.53. The van der Waals surface area contributed by atoms with Gasteiger partial charge in [0.05, 0.1) is 0 Å². The number of nitrogens with two attached hydrogens (primary N) is 1. The van der Waals surface area contributed by atoms with Gasteiger partial charge in [0.15, 0.2) is 0 Å². The number of halogens is 1. The predicted molar refractivity (Wildman–Crippen MR) is 65.7 cm³/mol. The van der Waals surface area contributed by atoms with Crippen molar-refractivity contribution >= 4 is 23.1 Å². The molecule has 1 aromatic rings. The smallest absolute Gasteiger partial charge is 0.138 e. The van der Waals surface area contributed by atoms with Crippen molar-refractivity contribution < 1.29 is 0 Å². The summed E-state index contributed by atoms with van der Waals surface area (Å²) in [5, 5.41) is 4.04. The van der Waals surface area contributed by atoms with Gasteiger partial charge in [0.25, 0.3) is 0 Å². The van der Waals surface area contributed by atoms with Crippen LogP contribution in [0.3, 0.4) is 0 Å². The SMILES string of the molecule is CN1CCN(Cc2nnsc2Cl)C(CN)C1. The van der Waals surface area contributed by atoms with Gasteiger partial charge in [-0.15, -0.1) is 5.10 Å². The van der Waals surface area contributed by atoms with Gasteiger partial charge in [0.2, 0.25) is 0 Å². The van der Waals surface area contributed by atoms with Gasteiger partial charge < -0.3 is 10.6 Å². The third-order valence-electron chi connectivity index (χ3n) is 2.94. The lowest BCUT2D eigenvalue weighted by atomic mass is 10.1. The van der Waals surface area contributed by atoms with Crippen LogP contribution >= 0.6 is 23.1 Å². The molecule has 0 spiro atoms. The molecule has 5 nitrogen and oxygen atoms in total. The topological polar surface area (TPSA) is 58.3 Å². The normalized spacial score (nSPS) is 23.8. The molecule has 1 aliphatic heterocycles. The number of likely N-dealkylation sites (N-methyl/N-ethyl adjacent to an activating group) is 1. The molecule has 1 atom stereocenters. The minimum atomic E-state index is 0.386. The fourth-order valence-electron chi connectivity index (χ4n) is 1.96. The number of hydrogen-bond acceptors (Lipinski definition) is 6. The number of rotatable bonds is 3. The Morgan fingerprint density at radius 3 is 3.00 bits per heavy atom. The van der Waals surface area contributed by atoms with Gasteiger partial charge in [0, 0.05) is 50.3 Å². The van der Waals surface area contributed by atoms with Gasteiger partial charge in [-0.05, 0) is 7.05 Å². The monoisotopic (exact) mass is 261 g/mol. The molecule has 0 bridgehead atoms. The molecular weight excluding hydrogens is 246 g/mol. The van der Waals surface area contributed by atoms with Gasteiger partial charge in [-0.2, -0.15) is 0 Å². The second kappa shape index (κ2) is 5.37. The number of aromatic nitrogens is 2. The summed E-state index contributed by atoms with van der Waals surface area (Å²) in [6.45, 7) is 4.49. The fourth-order valence-corrected chi connectivity index (χ4v) is 2.58. The molecule has 0 radical (unpaired) electrons. The van der Waals surface area contributed by atoms with Gasteiger partial charge in [-0.25, -0.2) is 0 Å². The molecule has 16 heavy (non-hydrogen) atoms. The molecule has 0 aromatic carbocycles. The lowest BCUT2D eigenvalue weighted by Gasteiger charge is -2.39. The highest BCUT2D eigenvalue weighted by atomic mass is 35.5. The third-order valence-corrected chi connectivity index (χ3v) is 3.93. The quantitative estimate of drug-likeness (QED) is 0.846. The Bertz CT molecular complexity index is 344. The average molecular weight is 262 g/mol. The van der Waals surface area contributed by atoms with Gasteiger partial charge in [-0.1, -0.05) is 16.1 Å². The highest BCUT2D eigenvalue weighted by molar-refractivity contribution is 7.10. The van der Waals surface area contributed by atoms with E-state index in [-0.39, 0.29) is 0 Å². The molecule has 0 aliphatic carbocycles. The van der Waals surface area contributed by atoms with Crippen molar-refractivity contribution in [2.45, 2.75) is 12.6 Å². The summed E-state index contributed by atoms with van der Waals surface area (Å²) in [6.07, 6.45) is 0. The van der Waals surface area contributed by atoms with Crippen molar-refractivity contribution in [2.75, 3.05) is 33.2 Å². The van der Waals surface area contributed by atoms with Crippen molar-refractivity contribution in [3.8, 4) is 0 Å². The molecule has 0 saturated carbocycles. The van der Waals surface area contributed by atoms with E-state index in [9.17, 15) is 0 Å². The van der Waals surface area contributed by atoms with Crippen LogP contribution in [0.1, 0.15) is 5.69 Å². The third kappa shape index (κ3) is 2.70. The highest BCUT2D eigenvalue weighted by Crippen LogP contribution is 2.20. The van der Waals surface area contributed by atoms with E-state index in [1.807, 2.05) is 0 Å². The Morgan fingerprint density at radius 1 is 1.56 bits per heavy atom. The van der Waals surface area contributed by atoms with Crippen molar-refractivity contribution in [3.05, 3.63) is 10.0 Å². The van der Waals surface area contributed by atoms with Crippen molar-refractivity contribution in [3.63, 3.8) is 0 Å². The van der Waals surface area contributed by atoms with Crippen molar-refractivity contribution in [1.29, 1.82) is 0 Å². The second-order valence-corrected chi connectivity index (χ2v) is 5.47. The minimum absolute atomic E-state index is 0.386. The van der Waals surface area contributed by atoms with E-state index in [2.05, 4.69) is 26.4 Å². The lowest BCUT2D eigenvalue weighted by Crippen LogP contribution is -2.54. The molecular formula is C9H16ClN5S. The standard InChI is InChI=1S/C9H16ClN5S/c1-14-2-3-15(7(4-11)5-14)6-8-9(10)16-13-12-8/h7H,2-6,11H2,1H3. The molecule has 1 fully saturated rings. The summed E-state index contributed by atoms with van der Waals surface area (Å²) in [6, 6.07) is 0.386. The maximum absolute atomic E-state index is 6.00. The molecule has 2 rings (SSSR count). The lowest BCUT2D eigenvalue weighted by molar-refractivity contribution is 0.0870. The summed E-state index contributed by atoms with van der Waals surface area (Å²) in [5.74, 6) is 0. The fraction of sp³-hybridized carbons (Fsp3) is 0.778. The van der Waals surface area contributed by atoms with Gasteiger partial charge >= 0.3 is 0 Å². The van der Waals surface area contributed by atoms with Crippen LogP contribution in [0.4, 0.5) is 0 Å². The summed E-state index contributed by atoms with van der Waals surface area (Å²) in [5.41, 5.74) is 6.66. The molecule has 1 unspecified atom stereocenters. The first-order chi connectivity index (χ1) is 7.70. The zero-order valence-corrected chi connectivity index (χ0v) is 10.8. The summed E-state index contributed by atoms with van der Waals surface area (Å²) in [7, 11) is 2.12. The van der Waals surface area contributed by atoms with E-state index in [0.29, 0.717) is 16.9 Å². The number of hydrogen-bond donors (Lipinski definition) is 1. The van der Waals surface area contributed by atoms with Crippen LogP contribution in [0, 0.1) is 0 Å². The van der Waals surface area contributed by atoms with Gasteiger partial charge in [0.1, 0.15) is 10.0 Å². The molecule has 1 aliphatic rings. The largest absolute Gasteiger partial charge is 0.329 e. The van der Waals surface area contributed by atoms with E-state index in [0.717, 1.165) is 31.9 Å². The van der Waals surface area contributed by atoms with E-state index >= 15 is 0 Å². The molecule has 1 saturated heterocycles. The first kappa shape index (κ1) is 12.2. The molecule has 2 N–H and O–H groups in total. The van der Waals surface area contributed by atoms with E-state index < -0.39 is 0 Å². The Labute approximate surface area is 104 Å². The van der Waals surface area contributed by atoms with Crippen LogP contribution in [0.25, 0.3) is 0 Å². The molecule has 1 aromatic heterocycles. The van der Waals surface area contributed by atoms with Crippen LogP contribution in [-0.2, 0) is 6.54 Å². The maximum Gasteiger partial charge on any atom is 0.138 e. The Balaban J connectivity index is 2.01. The van der Waals surface area contributed by atoms with Crippen LogP contribution < -0.4 is 5.73 Å². The Morgan fingerprint density at radius 2 is 2.38 bits per heavy atom. The predicted octanol–water partition coefficient (Wildman–Crippen LogP) is 0.266. The highest BCUT2D eigenvalue weighted by Gasteiger charge is 2.25. The second-order valence-electron chi connectivity index (χ2n) is 4.12. The van der Waals surface area contributed by atoms with Crippen LogP contribution in [-0.4, -0.2) is 58.7 Å². The van der Waals surface area contributed by atoms with Crippen molar-refractivity contribution in [1.82, 2.24) is 19.4 Å². The Hall–Kier alpha value is -0.270. The van der Waals surface area contributed by atoms with E-state index in [1.54, 1.807) is 0 Å². The van der Waals surface area contributed by atoms with Gasteiger partial charge in [-0.3, -0.25) is 4.90 Å². The van der Waals surface area contributed by atoms with Crippen molar-refractivity contribution in [2.24, 2.45) is 5.73 Å². The zero-order valence-electron chi connectivity index (χ0n) is 9.27. The summed E-state index contributed by atoms with van der Waals surface area (Å²) >= 11 is 7.24. The minimum Gasteiger partial charge on any atom is -0.329 e. The number of piperazine rings is 1. The average Bonchev–Trinajstić information content (AvgIpc) is 2.67. The zero-order chi connectivity index (χ0) is 11.5. The van der Waals surface area contributed by atoms with Crippen LogP contribution in [0.2, 0.25) is 4.34 Å². The first-order valence-electron chi connectivity index (χ1n) is 5.30. The molecule has 2 heterocycles. The van der Waals surface area contributed by atoms with E-state index in [4.69, 9.17) is 17.3 Å². The number of nitrogens with zero attached hydrogens (tertiary/aromatic N) is 4. The molecule has 90 valence electrons. The maximum atomic E-state index is 6.00. The Kier molecular flexibility index (Phi) is 4.10. The van der Waals surface area contributed by atoms with E-state index in [1.165, 1.54) is 11.5 Å². The molecule has 0 amide bonds.